The minimum atomic E-state index is -0.758. The lowest BCUT2D eigenvalue weighted by molar-refractivity contribution is -0.161. The van der Waals surface area contributed by atoms with Crippen molar-refractivity contribution in [3.8, 4) is 0 Å². The van der Waals surface area contributed by atoms with Crippen LogP contribution in [0.1, 0.15) is 31.0 Å². The molecule has 0 spiro atoms. The quantitative estimate of drug-likeness (QED) is 0.648. The van der Waals surface area contributed by atoms with Crippen molar-refractivity contribution >= 4 is 17.7 Å². The maximum absolute atomic E-state index is 12.1. The number of rotatable bonds is 4. The number of nitrogens with one attached hydrogen (secondary N) is 1. The van der Waals surface area contributed by atoms with Gasteiger partial charge in [-0.1, -0.05) is 6.07 Å². The van der Waals surface area contributed by atoms with Crippen LogP contribution in [-0.4, -0.2) is 66.1 Å². The van der Waals surface area contributed by atoms with E-state index in [1.807, 2.05) is 0 Å². The zero-order chi connectivity index (χ0) is 17.6. The van der Waals surface area contributed by atoms with Crippen molar-refractivity contribution in [3.63, 3.8) is 0 Å². The van der Waals surface area contributed by atoms with E-state index in [0.29, 0.717) is 13.2 Å². The zero-order valence-electron chi connectivity index (χ0n) is 14.8. The third-order valence-electron chi connectivity index (χ3n) is 4.65. The van der Waals surface area contributed by atoms with Gasteiger partial charge in [0, 0.05) is 38.3 Å². The molecule has 7 heteroatoms. The summed E-state index contributed by atoms with van der Waals surface area (Å²) < 4.78 is 4.81. The normalized spacial score (nSPS) is 17.6. The standard InChI is InChI=1S/C18H26N4O3/c1-2-25-18(24)17(23)22-11-4-10-21(13-22)12-8-15-7-6-14-5-3-9-19-16(14)20-15/h6-7H,2-5,8-13H2,1H3,(H,19,20). The first-order valence-electron chi connectivity index (χ1n) is 9.08. The number of hydrogen-bond donors (Lipinski definition) is 1. The lowest BCUT2D eigenvalue weighted by atomic mass is 10.1. The SMILES string of the molecule is CCOC(=O)C(=O)N1CCCN(CCc2ccc3c(n2)NCCC3)C1. The summed E-state index contributed by atoms with van der Waals surface area (Å²) in [7, 11) is 0. The Morgan fingerprint density at radius 2 is 2.16 bits per heavy atom. The molecule has 7 nitrogen and oxygen atoms in total. The van der Waals surface area contributed by atoms with Crippen molar-refractivity contribution in [3.05, 3.63) is 23.4 Å². The first-order valence-corrected chi connectivity index (χ1v) is 9.08. The third kappa shape index (κ3) is 4.48. The minimum Gasteiger partial charge on any atom is -0.459 e. The molecule has 1 aromatic rings. The number of aromatic nitrogens is 1. The first-order chi connectivity index (χ1) is 12.2. The molecule has 1 N–H and O–H groups in total. The molecule has 1 saturated heterocycles. The maximum atomic E-state index is 12.1. The summed E-state index contributed by atoms with van der Waals surface area (Å²) in [6.07, 6.45) is 3.94. The molecule has 1 fully saturated rings. The molecule has 2 aliphatic rings. The van der Waals surface area contributed by atoms with Gasteiger partial charge < -0.3 is 15.0 Å². The molecule has 0 saturated carbocycles. The van der Waals surface area contributed by atoms with Crippen LogP contribution in [0.25, 0.3) is 0 Å². The largest absolute Gasteiger partial charge is 0.459 e. The Labute approximate surface area is 148 Å². The molecule has 0 radical (unpaired) electrons. The second-order valence-electron chi connectivity index (χ2n) is 6.49. The highest BCUT2D eigenvalue weighted by molar-refractivity contribution is 6.32. The van der Waals surface area contributed by atoms with E-state index in [-0.39, 0.29) is 6.61 Å². The second kappa shape index (κ2) is 8.29. The number of carbonyl (C=O) groups excluding carboxylic acids is 2. The average molecular weight is 346 g/mol. The topological polar surface area (TPSA) is 74.8 Å². The Hall–Kier alpha value is -2.15. The van der Waals surface area contributed by atoms with Crippen LogP contribution in [0.3, 0.4) is 0 Å². The van der Waals surface area contributed by atoms with Crippen LogP contribution < -0.4 is 5.32 Å². The Kier molecular flexibility index (Phi) is 5.86. The number of pyridine rings is 1. The van der Waals surface area contributed by atoms with Gasteiger partial charge in [-0.2, -0.15) is 0 Å². The minimum absolute atomic E-state index is 0.222. The average Bonchev–Trinajstić information content (AvgIpc) is 2.66. The van der Waals surface area contributed by atoms with Gasteiger partial charge in [0.25, 0.3) is 0 Å². The number of aryl methyl sites for hydroxylation is 1. The van der Waals surface area contributed by atoms with Gasteiger partial charge in [0.1, 0.15) is 5.82 Å². The van der Waals surface area contributed by atoms with Crippen molar-refractivity contribution in [2.45, 2.75) is 32.6 Å². The fourth-order valence-electron chi connectivity index (χ4n) is 3.32. The van der Waals surface area contributed by atoms with Gasteiger partial charge in [0.15, 0.2) is 0 Å². The number of anilines is 1. The van der Waals surface area contributed by atoms with Crippen LogP contribution in [0.4, 0.5) is 5.82 Å². The van der Waals surface area contributed by atoms with Crippen LogP contribution in [0.2, 0.25) is 0 Å². The predicted octanol–water partition coefficient (Wildman–Crippen LogP) is 1.04. The number of nitrogens with zero attached hydrogens (tertiary/aromatic N) is 3. The molecular weight excluding hydrogens is 320 g/mol. The Bertz CT molecular complexity index is 635. The van der Waals surface area contributed by atoms with Gasteiger partial charge in [-0.25, -0.2) is 9.78 Å². The van der Waals surface area contributed by atoms with E-state index < -0.39 is 11.9 Å². The number of ether oxygens (including phenoxy) is 1. The lowest BCUT2D eigenvalue weighted by Gasteiger charge is -2.34. The maximum Gasteiger partial charge on any atom is 0.397 e. The molecule has 3 rings (SSSR count). The molecular formula is C18H26N4O3. The molecule has 2 aliphatic heterocycles. The van der Waals surface area contributed by atoms with Crippen LogP contribution >= 0.6 is 0 Å². The number of carbonyl (C=O) groups is 2. The molecule has 0 unspecified atom stereocenters. The van der Waals surface area contributed by atoms with E-state index in [1.54, 1.807) is 11.8 Å². The number of esters is 1. The predicted molar refractivity (Wildman–Crippen MR) is 94.2 cm³/mol. The van der Waals surface area contributed by atoms with Gasteiger partial charge in [-0.15, -0.1) is 0 Å². The summed E-state index contributed by atoms with van der Waals surface area (Å²) >= 11 is 0. The van der Waals surface area contributed by atoms with Crippen LogP contribution in [-0.2, 0) is 27.2 Å². The van der Waals surface area contributed by atoms with Crippen molar-refractivity contribution in [1.82, 2.24) is 14.8 Å². The fraction of sp³-hybridized carbons (Fsp3) is 0.611. The Balaban J connectivity index is 1.53. The first kappa shape index (κ1) is 17.7. The summed E-state index contributed by atoms with van der Waals surface area (Å²) in [5, 5.41) is 3.36. The number of amides is 1. The highest BCUT2D eigenvalue weighted by atomic mass is 16.5. The molecule has 25 heavy (non-hydrogen) atoms. The molecule has 0 atom stereocenters. The van der Waals surface area contributed by atoms with Crippen molar-refractivity contribution in [2.24, 2.45) is 0 Å². The fourth-order valence-corrected chi connectivity index (χ4v) is 3.32. The van der Waals surface area contributed by atoms with Crippen LogP contribution in [0, 0.1) is 0 Å². The zero-order valence-corrected chi connectivity index (χ0v) is 14.8. The molecule has 1 amide bonds. The van der Waals surface area contributed by atoms with Gasteiger partial charge >= 0.3 is 11.9 Å². The highest BCUT2D eigenvalue weighted by Crippen LogP contribution is 2.20. The molecule has 0 bridgehead atoms. The monoisotopic (exact) mass is 346 g/mol. The molecule has 3 heterocycles. The Morgan fingerprint density at radius 1 is 1.28 bits per heavy atom. The van der Waals surface area contributed by atoms with E-state index in [2.05, 4.69) is 22.3 Å². The third-order valence-corrected chi connectivity index (χ3v) is 4.65. The smallest absolute Gasteiger partial charge is 0.397 e. The molecule has 0 aliphatic carbocycles. The number of fused-ring (bicyclic) bond motifs is 1. The summed E-state index contributed by atoms with van der Waals surface area (Å²) in [5.74, 6) is -0.282. The molecule has 0 aromatic carbocycles. The summed E-state index contributed by atoms with van der Waals surface area (Å²) in [6.45, 7) is 5.74. The van der Waals surface area contributed by atoms with E-state index >= 15 is 0 Å². The summed E-state index contributed by atoms with van der Waals surface area (Å²) in [4.78, 5) is 32.2. The van der Waals surface area contributed by atoms with Gasteiger partial charge in [0.05, 0.1) is 13.3 Å². The number of hydrogen-bond acceptors (Lipinski definition) is 6. The van der Waals surface area contributed by atoms with E-state index in [4.69, 9.17) is 9.72 Å². The van der Waals surface area contributed by atoms with Gasteiger partial charge in [-0.05, 0) is 37.8 Å². The van der Waals surface area contributed by atoms with Gasteiger partial charge in [-0.3, -0.25) is 9.69 Å². The summed E-state index contributed by atoms with van der Waals surface area (Å²) in [5.41, 5.74) is 2.35. The molecule has 1 aromatic heterocycles. The van der Waals surface area contributed by atoms with Crippen molar-refractivity contribution in [1.29, 1.82) is 0 Å². The second-order valence-corrected chi connectivity index (χ2v) is 6.49. The molecule has 136 valence electrons. The van der Waals surface area contributed by atoms with Crippen LogP contribution in [0.15, 0.2) is 12.1 Å². The lowest BCUT2D eigenvalue weighted by Crippen LogP contribution is -2.50. The van der Waals surface area contributed by atoms with E-state index in [1.165, 1.54) is 5.56 Å². The van der Waals surface area contributed by atoms with Crippen LogP contribution in [0.5, 0.6) is 0 Å². The van der Waals surface area contributed by atoms with Crippen molar-refractivity contribution < 1.29 is 14.3 Å². The Morgan fingerprint density at radius 3 is 3.00 bits per heavy atom. The van der Waals surface area contributed by atoms with E-state index in [0.717, 1.165) is 56.8 Å². The summed E-state index contributed by atoms with van der Waals surface area (Å²) in [6, 6.07) is 4.26. The van der Waals surface area contributed by atoms with E-state index in [9.17, 15) is 9.59 Å². The van der Waals surface area contributed by atoms with Crippen molar-refractivity contribution in [2.75, 3.05) is 44.8 Å². The van der Waals surface area contributed by atoms with Gasteiger partial charge in [0.2, 0.25) is 0 Å². The highest BCUT2D eigenvalue weighted by Gasteiger charge is 2.27.